The third-order valence-electron chi connectivity index (χ3n) is 3.19. The molecule has 0 saturated carbocycles. The molecule has 2 N–H and O–H groups in total. The SMILES string of the molecule is CN(c1ccccc1CN)S(=O)(=O)N1CCOCC1. The van der Waals surface area contributed by atoms with Crippen LogP contribution >= 0.6 is 0 Å². The molecule has 6 nitrogen and oxygen atoms in total. The van der Waals surface area contributed by atoms with Crippen molar-refractivity contribution in [1.82, 2.24) is 4.31 Å². The highest BCUT2D eigenvalue weighted by atomic mass is 32.2. The molecule has 106 valence electrons. The third kappa shape index (κ3) is 2.89. The summed E-state index contributed by atoms with van der Waals surface area (Å²) in [7, 11) is -1.96. The van der Waals surface area contributed by atoms with Crippen LogP contribution in [0.15, 0.2) is 24.3 Å². The maximum atomic E-state index is 12.5. The molecule has 1 aliphatic heterocycles. The molecule has 1 saturated heterocycles. The van der Waals surface area contributed by atoms with Crippen LogP contribution in [0.25, 0.3) is 0 Å². The molecule has 0 unspecified atom stereocenters. The van der Waals surface area contributed by atoms with Crippen LogP contribution in [0.1, 0.15) is 5.56 Å². The Morgan fingerprint density at radius 1 is 1.32 bits per heavy atom. The molecule has 0 radical (unpaired) electrons. The predicted molar refractivity (Wildman–Crippen MR) is 74.0 cm³/mol. The molecular formula is C12H19N3O3S. The van der Waals surface area contributed by atoms with Crippen LogP contribution in [0, 0.1) is 0 Å². The van der Waals surface area contributed by atoms with Gasteiger partial charge in [0.25, 0.3) is 0 Å². The predicted octanol–water partition coefficient (Wildman–Crippen LogP) is 0.159. The smallest absolute Gasteiger partial charge is 0.303 e. The Morgan fingerprint density at radius 3 is 2.58 bits per heavy atom. The molecule has 0 aliphatic carbocycles. The molecule has 0 atom stereocenters. The van der Waals surface area contributed by atoms with Crippen molar-refractivity contribution < 1.29 is 13.2 Å². The zero-order chi connectivity index (χ0) is 13.9. The van der Waals surface area contributed by atoms with Crippen molar-refractivity contribution in [3.63, 3.8) is 0 Å². The second-order valence-corrected chi connectivity index (χ2v) is 6.28. The number of hydrogen-bond donors (Lipinski definition) is 1. The van der Waals surface area contributed by atoms with Crippen LogP contribution < -0.4 is 10.0 Å². The van der Waals surface area contributed by atoms with Gasteiger partial charge in [-0.3, -0.25) is 4.31 Å². The Bertz CT molecular complexity index is 527. The number of morpholine rings is 1. The first-order valence-electron chi connectivity index (χ1n) is 6.17. The zero-order valence-corrected chi connectivity index (χ0v) is 11.8. The normalized spacial score (nSPS) is 17.4. The lowest BCUT2D eigenvalue weighted by Crippen LogP contribution is -2.47. The van der Waals surface area contributed by atoms with E-state index in [0.717, 1.165) is 5.56 Å². The van der Waals surface area contributed by atoms with Crippen molar-refractivity contribution in [3.8, 4) is 0 Å². The molecule has 0 aromatic heterocycles. The number of nitrogens with zero attached hydrogens (tertiary/aromatic N) is 2. The molecule has 0 bridgehead atoms. The minimum absolute atomic E-state index is 0.305. The number of benzene rings is 1. The Balaban J connectivity index is 2.29. The Kier molecular flexibility index (Phi) is 4.41. The molecule has 1 fully saturated rings. The molecular weight excluding hydrogens is 266 g/mol. The quantitative estimate of drug-likeness (QED) is 0.855. The van der Waals surface area contributed by atoms with Gasteiger partial charge in [-0.25, -0.2) is 0 Å². The lowest BCUT2D eigenvalue weighted by molar-refractivity contribution is 0.0730. The summed E-state index contributed by atoms with van der Waals surface area (Å²) in [6.45, 7) is 1.95. The van der Waals surface area contributed by atoms with Gasteiger partial charge in [-0.15, -0.1) is 0 Å². The van der Waals surface area contributed by atoms with E-state index in [0.29, 0.717) is 38.5 Å². The Labute approximate surface area is 113 Å². The van der Waals surface area contributed by atoms with E-state index in [1.807, 2.05) is 12.1 Å². The van der Waals surface area contributed by atoms with E-state index in [1.165, 1.54) is 8.61 Å². The first-order chi connectivity index (χ1) is 9.07. The summed E-state index contributed by atoms with van der Waals surface area (Å²) in [5.41, 5.74) is 7.08. The summed E-state index contributed by atoms with van der Waals surface area (Å²) in [5, 5.41) is 0. The zero-order valence-electron chi connectivity index (χ0n) is 10.9. The lowest BCUT2D eigenvalue weighted by atomic mass is 10.2. The Hall–Kier alpha value is -1.15. The van der Waals surface area contributed by atoms with Crippen molar-refractivity contribution in [1.29, 1.82) is 0 Å². The van der Waals surface area contributed by atoms with Crippen molar-refractivity contribution in [2.75, 3.05) is 37.7 Å². The van der Waals surface area contributed by atoms with Gasteiger partial charge in [-0.2, -0.15) is 12.7 Å². The van der Waals surface area contributed by atoms with Crippen LogP contribution in [0.4, 0.5) is 5.69 Å². The summed E-state index contributed by atoms with van der Waals surface area (Å²) >= 11 is 0. The number of hydrogen-bond acceptors (Lipinski definition) is 4. The molecule has 0 spiro atoms. The fourth-order valence-electron chi connectivity index (χ4n) is 2.07. The van der Waals surface area contributed by atoms with Crippen LogP contribution in [0.5, 0.6) is 0 Å². The van der Waals surface area contributed by atoms with Crippen molar-refractivity contribution in [3.05, 3.63) is 29.8 Å². The fraction of sp³-hybridized carbons (Fsp3) is 0.500. The molecule has 1 heterocycles. The summed E-state index contributed by atoms with van der Waals surface area (Å²) in [6.07, 6.45) is 0. The lowest BCUT2D eigenvalue weighted by Gasteiger charge is -2.31. The van der Waals surface area contributed by atoms with E-state index in [9.17, 15) is 8.42 Å². The highest BCUT2D eigenvalue weighted by molar-refractivity contribution is 7.90. The highest BCUT2D eigenvalue weighted by Crippen LogP contribution is 2.23. The van der Waals surface area contributed by atoms with E-state index in [1.54, 1.807) is 19.2 Å². The van der Waals surface area contributed by atoms with E-state index in [-0.39, 0.29) is 0 Å². The van der Waals surface area contributed by atoms with Gasteiger partial charge in [0.1, 0.15) is 0 Å². The molecule has 7 heteroatoms. The van der Waals surface area contributed by atoms with Gasteiger partial charge in [-0.05, 0) is 11.6 Å². The maximum Gasteiger partial charge on any atom is 0.303 e. The second kappa shape index (κ2) is 5.87. The average Bonchev–Trinajstić information content (AvgIpc) is 2.47. The van der Waals surface area contributed by atoms with E-state index < -0.39 is 10.2 Å². The molecule has 2 rings (SSSR count). The number of rotatable bonds is 4. The molecule has 1 aliphatic rings. The molecule has 1 aromatic carbocycles. The second-order valence-electron chi connectivity index (χ2n) is 4.32. The van der Waals surface area contributed by atoms with Gasteiger partial charge >= 0.3 is 10.2 Å². The van der Waals surface area contributed by atoms with Gasteiger partial charge in [0.15, 0.2) is 0 Å². The number of anilines is 1. The van der Waals surface area contributed by atoms with Crippen molar-refractivity contribution in [2.24, 2.45) is 5.73 Å². The highest BCUT2D eigenvalue weighted by Gasteiger charge is 2.29. The molecule has 1 aromatic rings. The van der Waals surface area contributed by atoms with Crippen molar-refractivity contribution in [2.45, 2.75) is 6.54 Å². The first kappa shape index (κ1) is 14.3. The maximum absolute atomic E-state index is 12.5. The summed E-state index contributed by atoms with van der Waals surface area (Å²) in [6, 6.07) is 7.25. The Morgan fingerprint density at radius 2 is 1.95 bits per heavy atom. The fourth-order valence-corrected chi connectivity index (χ4v) is 3.45. The number of para-hydroxylation sites is 1. The van der Waals surface area contributed by atoms with Crippen molar-refractivity contribution >= 4 is 15.9 Å². The van der Waals surface area contributed by atoms with Crippen LogP contribution in [0.2, 0.25) is 0 Å². The van der Waals surface area contributed by atoms with Gasteiger partial charge in [0.2, 0.25) is 0 Å². The topological polar surface area (TPSA) is 75.9 Å². The van der Waals surface area contributed by atoms with Gasteiger partial charge in [0.05, 0.1) is 18.9 Å². The van der Waals surface area contributed by atoms with Gasteiger partial charge in [0, 0.05) is 26.7 Å². The van der Waals surface area contributed by atoms with Crippen LogP contribution in [-0.4, -0.2) is 46.1 Å². The van der Waals surface area contributed by atoms with Crippen LogP contribution in [0.3, 0.4) is 0 Å². The third-order valence-corrected chi connectivity index (χ3v) is 5.10. The van der Waals surface area contributed by atoms with E-state index >= 15 is 0 Å². The standard InChI is InChI=1S/C12H19N3O3S/c1-14(12-5-3-2-4-11(12)10-13)19(16,17)15-6-8-18-9-7-15/h2-5H,6-10,13H2,1H3. The minimum Gasteiger partial charge on any atom is -0.379 e. The van der Waals surface area contributed by atoms with Gasteiger partial charge in [-0.1, -0.05) is 18.2 Å². The van der Waals surface area contributed by atoms with E-state index in [2.05, 4.69) is 0 Å². The largest absolute Gasteiger partial charge is 0.379 e. The van der Waals surface area contributed by atoms with Crippen LogP contribution in [-0.2, 0) is 21.5 Å². The molecule has 0 amide bonds. The molecule has 19 heavy (non-hydrogen) atoms. The number of ether oxygens (including phenoxy) is 1. The van der Waals surface area contributed by atoms with Gasteiger partial charge < -0.3 is 10.5 Å². The summed E-state index contributed by atoms with van der Waals surface area (Å²) in [5.74, 6) is 0. The average molecular weight is 285 g/mol. The number of nitrogens with two attached hydrogens (primary N) is 1. The summed E-state index contributed by atoms with van der Waals surface area (Å²) in [4.78, 5) is 0. The summed E-state index contributed by atoms with van der Waals surface area (Å²) < 4.78 is 32.9. The first-order valence-corrected chi connectivity index (χ1v) is 7.57. The van der Waals surface area contributed by atoms with E-state index in [4.69, 9.17) is 10.5 Å². The minimum atomic E-state index is -3.52. The monoisotopic (exact) mass is 285 g/mol.